The van der Waals surface area contributed by atoms with Crippen LogP contribution in [-0.2, 0) is 0 Å². The largest absolute Gasteiger partial charge is 0.494 e. The standard InChI is InChI=1S/C22H29N3O3S/c1-2-3-16-28-19-8-6-18(7-9-19)21(26)23-10-11-24-12-14-25(15-13-24)22(27)20-5-4-17-29-20/h4-9,17H,2-3,10-16H2,1H3,(H,23,26). The highest BCUT2D eigenvalue weighted by atomic mass is 32.1. The second kappa shape index (κ2) is 11.0. The SMILES string of the molecule is CCCCOc1ccc(C(=O)NCCN2CCN(C(=O)c3cccs3)CC2)cc1. The van der Waals surface area contributed by atoms with Crippen molar-refractivity contribution in [3.05, 3.63) is 52.2 Å². The first-order valence-corrected chi connectivity index (χ1v) is 11.1. The van der Waals surface area contributed by atoms with Crippen molar-refractivity contribution >= 4 is 23.2 Å². The Morgan fingerprint density at radius 1 is 1.10 bits per heavy atom. The number of hydrogen-bond donors (Lipinski definition) is 1. The van der Waals surface area contributed by atoms with Gasteiger partial charge in [-0.15, -0.1) is 11.3 Å². The average Bonchev–Trinajstić information content (AvgIpc) is 3.29. The zero-order chi connectivity index (χ0) is 20.5. The van der Waals surface area contributed by atoms with Gasteiger partial charge >= 0.3 is 0 Å². The van der Waals surface area contributed by atoms with Gasteiger partial charge in [0.1, 0.15) is 5.75 Å². The number of hydrogen-bond acceptors (Lipinski definition) is 5. The fourth-order valence-corrected chi connectivity index (χ4v) is 3.89. The quantitative estimate of drug-likeness (QED) is 0.640. The van der Waals surface area contributed by atoms with Crippen molar-refractivity contribution in [2.75, 3.05) is 45.9 Å². The average molecular weight is 416 g/mol. The molecule has 0 bridgehead atoms. The minimum atomic E-state index is -0.0726. The number of piperazine rings is 1. The number of ether oxygens (including phenoxy) is 1. The molecule has 6 nitrogen and oxygen atoms in total. The number of unbranched alkanes of at least 4 members (excludes halogenated alkanes) is 1. The highest BCUT2D eigenvalue weighted by molar-refractivity contribution is 7.12. The number of amides is 2. The predicted molar refractivity (Wildman–Crippen MR) is 116 cm³/mol. The van der Waals surface area contributed by atoms with Gasteiger partial charge in [0.2, 0.25) is 0 Å². The first-order chi connectivity index (χ1) is 14.2. The Labute approximate surface area is 176 Å². The zero-order valence-electron chi connectivity index (χ0n) is 16.9. The monoisotopic (exact) mass is 415 g/mol. The van der Waals surface area contributed by atoms with Gasteiger partial charge in [0, 0.05) is 44.8 Å². The summed E-state index contributed by atoms with van der Waals surface area (Å²) in [5, 5.41) is 4.90. The molecule has 1 fully saturated rings. The highest BCUT2D eigenvalue weighted by Gasteiger charge is 2.22. The first-order valence-electron chi connectivity index (χ1n) is 10.2. The van der Waals surface area contributed by atoms with Crippen LogP contribution in [0.4, 0.5) is 0 Å². The number of thiophene rings is 1. The van der Waals surface area contributed by atoms with Crippen molar-refractivity contribution in [2.24, 2.45) is 0 Å². The third-order valence-corrected chi connectivity index (χ3v) is 5.85. The third-order valence-electron chi connectivity index (χ3n) is 4.99. The Hall–Kier alpha value is -2.38. The lowest BCUT2D eigenvalue weighted by atomic mass is 10.2. The van der Waals surface area contributed by atoms with Crippen molar-refractivity contribution in [2.45, 2.75) is 19.8 Å². The van der Waals surface area contributed by atoms with Crippen LogP contribution >= 0.6 is 11.3 Å². The molecule has 0 radical (unpaired) electrons. The lowest BCUT2D eigenvalue weighted by Crippen LogP contribution is -2.50. The van der Waals surface area contributed by atoms with Gasteiger partial charge in [0.15, 0.2) is 0 Å². The highest BCUT2D eigenvalue weighted by Crippen LogP contribution is 2.14. The van der Waals surface area contributed by atoms with E-state index in [0.29, 0.717) is 18.7 Å². The molecule has 0 atom stereocenters. The van der Waals surface area contributed by atoms with Crippen molar-refractivity contribution < 1.29 is 14.3 Å². The van der Waals surface area contributed by atoms with Gasteiger partial charge in [0.05, 0.1) is 11.5 Å². The molecule has 0 spiro atoms. The minimum absolute atomic E-state index is 0.0726. The summed E-state index contributed by atoms with van der Waals surface area (Å²) in [4.78, 5) is 29.7. The van der Waals surface area contributed by atoms with E-state index in [2.05, 4.69) is 17.1 Å². The molecule has 29 heavy (non-hydrogen) atoms. The maximum absolute atomic E-state index is 12.4. The topological polar surface area (TPSA) is 61.9 Å². The zero-order valence-corrected chi connectivity index (χ0v) is 17.7. The summed E-state index contributed by atoms with van der Waals surface area (Å²) in [6.45, 7) is 7.31. The van der Waals surface area contributed by atoms with Crippen LogP contribution in [-0.4, -0.2) is 67.5 Å². The van der Waals surface area contributed by atoms with Crippen LogP contribution in [0.15, 0.2) is 41.8 Å². The van der Waals surface area contributed by atoms with Gasteiger partial charge in [-0.1, -0.05) is 19.4 Å². The third kappa shape index (κ3) is 6.30. The van der Waals surface area contributed by atoms with Crippen molar-refractivity contribution in [1.82, 2.24) is 15.1 Å². The summed E-state index contributed by atoms with van der Waals surface area (Å²) in [5.74, 6) is 0.844. The van der Waals surface area contributed by atoms with E-state index in [1.165, 1.54) is 11.3 Å². The van der Waals surface area contributed by atoms with Gasteiger partial charge in [-0.05, 0) is 42.1 Å². The molecule has 0 unspecified atom stereocenters. The molecule has 1 N–H and O–H groups in total. The Balaban J connectivity index is 1.35. The Morgan fingerprint density at radius 3 is 2.52 bits per heavy atom. The predicted octanol–water partition coefficient (Wildman–Crippen LogP) is 3.11. The molecule has 1 saturated heterocycles. The van der Waals surface area contributed by atoms with Crippen molar-refractivity contribution in [3.63, 3.8) is 0 Å². The molecular weight excluding hydrogens is 386 g/mol. The molecule has 156 valence electrons. The van der Waals surface area contributed by atoms with Gasteiger partial charge in [-0.25, -0.2) is 0 Å². The number of rotatable bonds is 9. The lowest BCUT2D eigenvalue weighted by molar-refractivity contribution is 0.0643. The summed E-state index contributed by atoms with van der Waals surface area (Å²) >= 11 is 1.49. The van der Waals surface area contributed by atoms with E-state index in [4.69, 9.17) is 4.74 Å². The molecule has 1 aliphatic heterocycles. The van der Waals surface area contributed by atoms with E-state index in [0.717, 1.165) is 56.2 Å². The van der Waals surface area contributed by atoms with E-state index in [9.17, 15) is 9.59 Å². The number of carbonyl (C=O) groups excluding carboxylic acids is 2. The lowest BCUT2D eigenvalue weighted by Gasteiger charge is -2.34. The molecule has 1 aliphatic rings. The molecule has 2 amide bonds. The van der Waals surface area contributed by atoms with Crippen LogP contribution in [0.3, 0.4) is 0 Å². The van der Waals surface area contributed by atoms with Crippen LogP contribution in [0.1, 0.15) is 39.8 Å². The summed E-state index contributed by atoms with van der Waals surface area (Å²) in [6, 6.07) is 11.1. The molecule has 0 saturated carbocycles. The molecule has 3 rings (SSSR count). The number of carbonyl (C=O) groups is 2. The Morgan fingerprint density at radius 2 is 1.86 bits per heavy atom. The first kappa shape index (κ1) is 21.3. The van der Waals surface area contributed by atoms with Gasteiger partial charge in [-0.2, -0.15) is 0 Å². The fourth-order valence-electron chi connectivity index (χ4n) is 3.20. The molecule has 7 heteroatoms. The maximum Gasteiger partial charge on any atom is 0.264 e. The summed E-state index contributed by atoms with van der Waals surface area (Å²) in [5.41, 5.74) is 0.638. The van der Waals surface area contributed by atoms with Gasteiger partial charge in [-0.3, -0.25) is 14.5 Å². The van der Waals surface area contributed by atoms with E-state index in [-0.39, 0.29) is 11.8 Å². The smallest absolute Gasteiger partial charge is 0.264 e. The number of nitrogens with one attached hydrogen (secondary N) is 1. The second-order valence-corrected chi connectivity index (χ2v) is 8.04. The summed E-state index contributed by atoms with van der Waals surface area (Å²) in [6.07, 6.45) is 2.12. The summed E-state index contributed by atoms with van der Waals surface area (Å²) < 4.78 is 5.62. The molecular formula is C22H29N3O3S. The number of nitrogens with zero attached hydrogens (tertiary/aromatic N) is 2. The maximum atomic E-state index is 12.4. The van der Waals surface area contributed by atoms with Crippen molar-refractivity contribution in [3.8, 4) is 5.75 Å². The Bertz CT molecular complexity index is 769. The molecule has 2 heterocycles. The van der Waals surface area contributed by atoms with E-state index >= 15 is 0 Å². The van der Waals surface area contributed by atoms with Crippen LogP contribution in [0.25, 0.3) is 0 Å². The van der Waals surface area contributed by atoms with E-state index in [1.807, 2.05) is 34.5 Å². The van der Waals surface area contributed by atoms with Crippen LogP contribution in [0.5, 0.6) is 5.75 Å². The molecule has 1 aromatic carbocycles. The van der Waals surface area contributed by atoms with Gasteiger partial charge in [0.25, 0.3) is 11.8 Å². The molecule has 1 aromatic heterocycles. The van der Waals surface area contributed by atoms with Crippen LogP contribution < -0.4 is 10.1 Å². The fraction of sp³-hybridized carbons (Fsp3) is 0.455. The van der Waals surface area contributed by atoms with Crippen molar-refractivity contribution in [1.29, 1.82) is 0 Å². The molecule has 2 aromatic rings. The second-order valence-electron chi connectivity index (χ2n) is 7.09. The Kier molecular flexibility index (Phi) is 8.07. The minimum Gasteiger partial charge on any atom is -0.494 e. The van der Waals surface area contributed by atoms with Crippen LogP contribution in [0.2, 0.25) is 0 Å². The van der Waals surface area contributed by atoms with E-state index in [1.54, 1.807) is 12.1 Å². The summed E-state index contributed by atoms with van der Waals surface area (Å²) in [7, 11) is 0. The van der Waals surface area contributed by atoms with E-state index < -0.39 is 0 Å². The molecule has 0 aliphatic carbocycles. The van der Waals surface area contributed by atoms with Gasteiger partial charge < -0.3 is 15.0 Å². The normalized spacial score (nSPS) is 14.6. The number of benzene rings is 1. The van der Waals surface area contributed by atoms with Crippen LogP contribution in [0, 0.1) is 0 Å².